The second-order valence-corrected chi connectivity index (χ2v) is 6.43. The van der Waals surface area contributed by atoms with Gasteiger partial charge in [-0.25, -0.2) is 0 Å². The molecule has 1 fully saturated rings. The van der Waals surface area contributed by atoms with Gasteiger partial charge in [0.05, 0.1) is 5.56 Å². The smallest absolute Gasteiger partial charge is 0.255 e. The third kappa shape index (κ3) is 3.07. The molecule has 1 aliphatic heterocycles. The summed E-state index contributed by atoms with van der Waals surface area (Å²) in [7, 11) is 1.99. The summed E-state index contributed by atoms with van der Waals surface area (Å²) in [5.41, 5.74) is 0.706. The van der Waals surface area contributed by atoms with Gasteiger partial charge in [-0.05, 0) is 25.0 Å². The first-order valence-corrected chi connectivity index (χ1v) is 8.50. The quantitative estimate of drug-likeness (QED) is 0.779. The van der Waals surface area contributed by atoms with Gasteiger partial charge in [-0.3, -0.25) is 9.48 Å². The van der Waals surface area contributed by atoms with Crippen molar-refractivity contribution in [3.63, 3.8) is 0 Å². The Labute approximate surface area is 145 Å². The summed E-state index contributed by atoms with van der Waals surface area (Å²) in [5, 5.41) is 13.0. The Hall–Kier alpha value is -2.90. The molecule has 0 saturated carbocycles. The summed E-state index contributed by atoms with van der Waals surface area (Å²) in [6, 6.07) is 3.71. The fourth-order valence-electron chi connectivity index (χ4n) is 3.42. The third-order valence-corrected chi connectivity index (χ3v) is 4.78. The summed E-state index contributed by atoms with van der Waals surface area (Å²) < 4.78 is 3.87. The Kier molecular flexibility index (Phi) is 4.09. The monoisotopic (exact) mass is 339 g/mol. The molecule has 0 bridgehead atoms. The fourth-order valence-corrected chi connectivity index (χ4v) is 3.42. The maximum Gasteiger partial charge on any atom is 0.255 e. The van der Waals surface area contributed by atoms with Crippen LogP contribution in [0.4, 0.5) is 0 Å². The lowest BCUT2D eigenvalue weighted by molar-refractivity contribution is 0.0703. The maximum absolute atomic E-state index is 12.6. The Morgan fingerprint density at radius 3 is 3.08 bits per heavy atom. The van der Waals surface area contributed by atoms with E-state index in [0.717, 1.165) is 31.0 Å². The lowest BCUT2D eigenvalue weighted by Crippen LogP contribution is -2.39. The van der Waals surface area contributed by atoms with Gasteiger partial charge in [0, 0.05) is 50.8 Å². The second-order valence-electron chi connectivity index (χ2n) is 6.43. The predicted octanol–water partition coefficient (Wildman–Crippen LogP) is 1.41. The summed E-state index contributed by atoms with van der Waals surface area (Å²) in [6.07, 6.45) is 9.18. The molecule has 0 aliphatic carbocycles. The van der Waals surface area contributed by atoms with Crippen LogP contribution in [0, 0.1) is 0 Å². The van der Waals surface area contributed by atoms with Crippen LogP contribution in [0.2, 0.25) is 0 Å². The van der Waals surface area contributed by atoms with Gasteiger partial charge in [-0.2, -0.15) is 5.10 Å². The number of carbonyl (C=O) groups is 1. The molecule has 1 amide bonds. The zero-order valence-electron chi connectivity index (χ0n) is 14.2. The molecule has 130 valence electrons. The highest BCUT2D eigenvalue weighted by molar-refractivity contribution is 5.94. The highest BCUT2D eigenvalue weighted by Gasteiger charge is 2.29. The van der Waals surface area contributed by atoms with Gasteiger partial charge in [-0.1, -0.05) is 0 Å². The van der Waals surface area contributed by atoms with Crippen LogP contribution in [0.25, 0.3) is 0 Å². The molecular formula is C17H21N7O. The van der Waals surface area contributed by atoms with Gasteiger partial charge in [0.2, 0.25) is 0 Å². The van der Waals surface area contributed by atoms with Crippen LogP contribution in [0.15, 0.2) is 36.9 Å². The molecule has 1 N–H and O–H groups in total. The van der Waals surface area contributed by atoms with E-state index in [1.807, 2.05) is 39.5 Å². The molecule has 0 aromatic carbocycles. The molecule has 1 atom stereocenters. The molecule has 25 heavy (non-hydrogen) atoms. The van der Waals surface area contributed by atoms with Crippen molar-refractivity contribution in [1.29, 1.82) is 0 Å². The van der Waals surface area contributed by atoms with Crippen molar-refractivity contribution >= 4 is 5.91 Å². The van der Waals surface area contributed by atoms with Gasteiger partial charge in [0.15, 0.2) is 5.82 Å². The second kappa shape index (κ2) is 6.54. The predicted molar refractivity (Wildman–Crippen MR) is 91.0 cm³/mol. The molecule has 8 heteroatoms. The van der Waals surface area contributed by atoms with E-state index in [0.29, 0.717) is 18.7 Å². The van der Waals surface area contributed by atoms with Crippen LogP contribution in [0.5, 0.6) is 0 Å². The first kappa shape index (κ1) is 15.6. The van der Waals surface area contributed by atoms with E-state index in [9.17, 15) is 4.79 Å². The fraction of sp³-hybridized carbons (Fsp3) is 0.412. The topological polar surface area (TPSA) is 84.6 Å². The molecule has 0 unspecified atom stereocenters. The molecule has 0 radical (unpaired) electrons. The van der Waals surface area contributed by atoms with E-state index in [4.69, 9.17) is 0 Å². The van der Waals surface area contributed by atoms with Gasteiger partial charge in [0.1, 0.15) is 12.4 Å². The van der Waals surface area contributed by atoms with Crippen molar-refractivity contribution in [3.05, 3.63) is 54.1 Å². The molecule has 4 heterocycles. The summed E-state index contributed by atoms with van der Waals surface area (Å²) in [4.78, 5) is 17.5. The highest BCUT2D eigenvalue weighted by atomic mass is 16.2. The number of piperidine rings is 1. The maximum atomic E-state index is 12.6. The van der Waals surface area contributed by atoms with E-state index in [1.54, 1.807) is 18.6 Å². The van der Waals surface area contributed by atoms with Crippen LogP contribution < -0.4 is 0 Å². The molecule has 8 nitrogen and oxygen atoms in total. The number of aromatic nitrogens is 6. The van der Waals surface area contributed by atoms with E-state index in [-0.39, 0.29) is 11.8 Å². The molecule has 3 aromatic rings. The summed E-state index contributed by atoms with van der Waals surface area (Å²) in [6.45, 7) is 2.06. The SMILES string of the molecule is Cn1c(Cn2cccn2)nnc1[C@@H]1CCCN(C(=O)c2cc[nH]c2)C1. The minimum Gasteiger partial charge on any atom is -0.367 e. The van der Waals surface area contributed by atoms with Crippen LogP contribution in [-0.2, 0) is 13.6 Å². The van der Waals surface area contributed by atoms with Crippen molar-refractivity contribution < 1.29 is 4.79 Å². The molecule has 4 rings (SSSR count). The molecule has 0 spiro atoms. The minimum atomic E-state index is 0.0740. The number of aromatic amines is 1. The van der Waals surface area contributed by atoms with Crippen molar-refractivity contribution in [2.75, 3.05) is 13.1 Å². The summed E-state index contributed by atoms with van der Waals surface area (Å²) >= 11 is 0. The first-order chi connectivity index (χ1) is 12.2. The van der Waals surface area contributed by atoms with Crippen LogP contribution >= 0.6 is 0 Å². The van der Waals surface area contributed by atoms with Gasteiger partial charge < -0.3 is 14.5 Å². The van der Waals surface area contributed by atoms with Crippen molar-refractivity contribution in [1.82, 2.24) is 34.4 Å². The first-order valence-electron chi connectivity index (χ1n) is 8.50. The normalized spacial score (nSPS) is 17.8. The average molecular weight is 339 g/mol. The van der Waals surface area contributed by atoms with Crippen LogP contribution in [0.3, 0.4) is 0 Å². The number of rotatable bonds is 4. The van der Waals surface area contributed by atoms with Crippen LogP contribution in [-0.4, -0.2) is 53.4 Å². The summed E-state index contributed by atoms with van der Waals surface area (Å²) in [5.74, 6) is 2.09. The number of H-pyrrole nitrogens is 1. The highest BCUT2D eigenvalue weighted by Crippen LogP contribution is 2.26. The third-order valence-electron chi connectivity index (χ3n) is 4.78. The van der Waals surface area contributed by atoms with Crippen molar-refractivity contribution in [2.45, 2.75) is 25.3 Å². The Balaban J connectivity index is 1.50. The lowest BCUT2D eigenvalue weighted by Gasteiger charge is -2.32. The zero-order valence-corrected chi connectivity index (χ0v) is 14.2. The number of nitrogens with zero attached hydrogens (tertiary/aromatic N) is 6. The van der Waals surface area contributed by atoms with Crippen LogP contribution in [0.1, 0.15) is 40.8 Å². The molecular weight excluding hydrogens is 318 g/mol. The van der Waals surface area contributed by atoms with Crippen molar-refractivity contribution in [3.8, 4) is 0 Å². The number of amides is 1. The molecule has 1 saturated heterocycles. The number of carbonyl (C=O) groups excluding carboxylic acids is 1. The number of hydrogen-bond donors (Lipinski definition) is 1. The Bertz CT molecular complexity index is 835. The van der Waals surface area contributed by atoms with Crippen molar-refractivity contribution in [2.24, 2.45) is 7.05 Å². The number of nitrogens with one attached hydrogen (secondary N) is 1. The van der Waals surface area contributed by atoms with Gasteiger partial charge in [0.25, 0.3) is 5.91 Å². The number of hydrogen-bond acceptors (Lipinski definition) is 4. The van der Waals surface area contributed by atoms with Gasteiger partial charge in [-0.15, -0.1) is 10.2 Å². The average Bonchev–Trinajstić information content (AvgIpc) is 3.38. The Morgan fingerprint density at radius 1 is 1.40 bits per heavy atom. The van der Waals surface area contributed by atoms with E-state index in [1.165, 1.54) is 0 Å². The van der Waals surface area contributed by atoms with E-state index >= 15 is 0 Å². The van der Waals surface area contributed by atoms with E-state index < -0.39 is 0 Å². The molecule has 1 aliphatic rings. The lowest BCUT2D eigenvalue weighted by atomic mass is 9.96. The van der Waals surface area contributed by atoms with Gasteiger partial charge >= 0.3 is 0 Å². The largest absolute Gasteiger partial charge is 0.367 e. The molecule has 3 aromatic heterocycles. The zero-order chi connectivity index (χ0) is 17.2. The van der Waals surface area contributed by atoms with E-state index in [2.05, 4.69) is 20.3 Å². The minimum absolute atomic E-state index is 0.0740. The Morgan fingerprint density at radius 2 is 2.32 bits per heavy atom. The number of likely N-dealkylation sites (tertiary alicyclic amines) is 1. The standard InChI is InChI=1S/C17H21N7O/c1-22-15(12-24-9-3-6-19-24)20-21-16(22)14-4-2-8-23(11-14)17(25)13-5-7-18-10-13/h3,5-7,9-10,14,18H,2,4,8,11-12H2,1H3/t14-/m1/s1.